The maximum atomic E-state index is 5.66. The fourth-order valence-corrected chi connectivity index (χ4v) is 3.06. The van der Waals surface area contributed by atoms with E-state index in [-0.39, 0.29) is 6.61 Å². The van der Waals surface area contributed by atoms with E-state index in [9.17, 15) is 0 Å². The number of rotatable bonds is 7. The standard InChI is InChI=1S/C17H22BrNO2/c1-3-9-21-17-11-15(18)13(10-16(17)20-4-2)12-19-14-7-5-6-8-14/h1,10-11,14,19H,4-9,12H2,2H3. The molecule has 1 aromatic carbocycles. The van der Waals surface area contributed by atoms with Crippen LogP contribution in [0.5, 0.6) is 11.5 Å². The molecule has 0 amide bonds. The normalized spacial score (nSPS) is 14.9. The van der Waals surface area contributed by atoms with Crippen molar-refractivity contribution in [1.29, 1.82) is 0 Å². The number of nitrogens with one attached hydrogen (secondary N) is 1. The first-order valence-electron chi connectivity index (χ1n) is 7.49. The molecule has 0 bridgehead atoms. The molecule has 4 heteroatoms. The smallest absolute Gasteiger partial charge is 0.163 e. The molecule has 1 aromatic rings. The molecule has 0 aromatic heterocycles. The summed E-state index contributed by atoms with van der Waals surface area (Å²) >= 11 is 3.61. The van der Waals surface area contributed by atoms with Crippen molar-refractivity contribution in [1.82, 2.24) is 5.32 Å². The van der Waals surface area contributed by atoms with Crippen LogP contribution in [0.2, 0.25) is 0 Å². The number of benzene rings is 1. The maximum Gasteiger partial charge on any atom is 0.163 e. The molecule has 1 saturated carbocycles. The van der Waals surface area contributed by atoms with Gasteiger partial charge in [-0.2, -0.15) is 0 Å². The highest BCUT2D eigenvalue weighted by molar-refractivity contribution is 9.10. The predicted molar refractivity (Wildman–Crippen MR) is 88.7 cm³/mol. The highest BCUT2D eigenvalue weighted by Crippen LogP contribution is 2.34. The van der Waals surface area contributed by atoms with Crippen LogP contribution in [0.3, 0.4) is 0 Å². The number of terminal acetylenes is 1. The molecule has 1 N–H and O–H groups in total. The molecule has 1 aliphatic carbocycles. The quantitative estimate of drug-likeness (QED) is 0.756. The third-order valence-corrected chi connectivity index (χ3v) is 4.40. The average Bonchev–Trinajstić information content (AvgIpc) is 2.99. The summed E-state index contributed by atoms with van der Waals surface area (Å²) in [5.74, 6) is 3.91. The fourth-order valence-electron chi connectivity index (χ4n) is 2.60. The van der Waals surface area contributed by atoms with Gasteiger partial charge in [-0.1, -0.05) is 34.7 Å². The number of halogens is 1. The SMILES string of the molecule is C#CCOc1cc(Br)c(CNC2CCCC2)cc1OCC. The first-order valence-corrected chi connectivity index (χ1v) is 8.28. The largest absolute Gasteiger partial charge is 0.490 e. The minimum Gasteiger partial charge on any atom is -0.490 e. The van der Waals surface area contributed by atoms with Gasteiger partial charge in [-0.05, 0) is 37.5 Å². The van der Waals surface area contributed by atoms with E-state index in [1.54, 1.807) is 0 Å². The second kappa shape index (κ2) is 8.31. The van der Waals surface area contributed by atoms with E-state index in [1.807, 2.05) is 19.1 Å². The van der Waals surface area contributed by atoms with Crippen LogP contribution in [0, 0.1) is 12.3 Å². The first kappa shape index (κ1) is 16.2. The van der Waals surface area contributed by atoms with Gasteiger partial charge < -0.3 is 14.8 Å². The summed E-state index contributed by atoms with van der Waals surface area (Å²) in [6, 6.07) is 4.61. The van der Waals surface area contributed by atoms with Crippen LogP contribution >= 0.6 is 15.9 Å². The van der Waals surface area contributed by atoms with Gasteiger partial charge in [0.1, 0.15) is 6.61 Å². The van der Waals surface area contributed by atoms with Gasteiger partial charge in [0.05, 0.1) is 6.61 Å². The van der Waals surface area contributed by atoms with Crippen molar-refractivity contribution in [2.24, 2.45) is 0 Å². The molecule has 1 fully saturated rings. The number of hydrogen-bond acceptors (Lipinski definition) is 3. The van der Waals surface area contributed by atoms with E-state index in [1.165, 1.54) is 31.2 Å². The highest BCUT2D eigenvalue weighted by Gasteiger charge is 2.16. The molecule has 0 atom stereocenters. The Labute approximate surface area is 135 Å². The molecule has 2 rings (SSSR count). The minimum atomic E-state index is 0.242. The van der Waals surface area contributed by atoms with E-state index in [4.69, 9.17) is 15.9 Å². The molecule has 0 heterocycles. The van der Waals surface area contributed by atoms with Crippen molar-refractivity contribution in [3.63, 3.8) is 0 Å². The summed E-state index contributed by atoms with van der Waals surface area (Å²) in [5, 5.41) is 3.61. The van der Waals surface area contributed by atoms with Crippen LogP contribution in [0.15, 0.2) is 16.6 Å². The van der Waals surface area contributed by atoms with Crippen molar-refractivity contribution >= 4 is 15.9 Å². The van der Waals surface area contributed by atoms with Gasteiger partial charge in [0.2, 0.25) is 0 Å². The topological polar surface area (TPSA) is 30.5 Å². The lowest BCUT2D eigenvalue weighted by molar-refractivity contribution is 0.298. The Hall–Kier alpha value is -1.18. The maximum absolute atomic E-state index is 5.66. The van der Waals surface area contributed by atoms with Gasteiger partial charge >= 0.3 is 0 Å². The van der Waals surface area contributed by atoms with Crippen molar-refractivity contribution in [3.05, 3.63) is 22.2 Å². The Morgan fingerprint density at radius 3 is 2.67 bits per heavy atom. The zero-order valence-corrected chi connectivity index (χ0v) is 14.0. The molecular formula is C17H22BrNO2. The Balaban J connectivity index is 2.09. The third-order valence-electron chi connectivity index (χ3n) is 3.66. The highest BCUT2D eigenvalue weighted by atomic mass is 79.9. The average molecular weight is 352 g/mol. The van der Waals surface area contributed by atoms with Crippen molar-refractivity contribution in [2.75, 3.05) is 13.2 Å². The Kier molecular flexibility index (Phi) is 6.41. The van der Waals surface area contributed by atoms with Gasteiger partial charge in [-0.15, -0.1) is 6.42 Å². The van der Waals surface area contributed by atoms with E-state index in [0.717, 1.165) is 16.8 Å². The van der Waals surface area contributed by atoms with Crippen LogP contribution in [-0.2, 0) is 6.54 Å². The Morgan fingerprint density at radius 2 is 2.00 bits per heavy atom. The molecule has 0 saturated heterocycles. The fraction of sp³-hybridized carbons (Fsp3) is 0.529. The second-order valence-electron chi connectivity index (χ2n) is 5.18. The first-order chi connectivity index (χ1) is 10.2. The zero-order valence-electron chi connectivity index (χ0n) is 12.5. The molecule has 0 radical (unpaired) electrons. The summed E-state index contributed by atoms with van der Waals surface area (Å²) in [4.78, 5) is 0. The van der Waals surface area contributed by atoms with E-state index >= 15 is 0 Å². The monoisotopic (exact) mass is 351 g/mol. The van der Waals surface area contributed by atoms with Crippen molar-refractivity contribution in [3.8, 4) is 23.8 Å². The molecule has 21 heavy (non-hydrogen) atoms. The van der Waals surface area contributed by atoms with Crippen LogP contribution in [0.4, 0.5) is 0 Å². The second-order valence-corrected chi connectivity index (χ2v) is 6.03. The predicted octanol–water partition coefficient (Wildman–Crippen LogP) is 3.89. The van der Waals surface area contributed by atoms with Crippen LogP contribution in [0.25, 0.3) is 0 Å². The molecule has 0 unspecified atom stereocenters. The molecule has 0 spiro atoms. The lowest BCUT2D eigenvalue weighted by Crippen LogP contribution is -2.25. The van der Waals surface area contributed by atoms with E-state index < -0.39 is 0 Å². The van der Waals surface area contributed by atoms with Crippen LogP contribution in [0.1, 0.15) is 38.2 Å². The van der Waals surface area contributed by atoms with Crippen molar-refractivity contribution < 1.29 is 9.47 Å². The molecule has 3 nitrogen and oxygen atoms in total. The van der Waals surface area contributed by atoms with Crippen LogP contribution in [-0.4, -0.2) is 19.3 Å². The van der Waals surface area contributed by atoms with Gasteiger partial charge in [-0.25, -0.2) is 0 Å². The third kappa shape index (κ3) is 4.66. The molecule has 1 aliphatic rings. The van der Waals surface area contributed by atoms with Crippen LogP contribution < -0.4 is 14.8 Å². The Bertz CT molecular complexity index is 504. The van der Waals surface area contributed by atoms with Gasteiger partial charge in [0, 0.05) is 17.1 Å². The van der Waals surface area contributed by atoms with Gasteiger partial charge in [-0.3, -0.25) is 0 Å². The number of hydrogen-bond donors (Lipinski definition) is 1. The lowest BCUT2D eigenvalue weighted by Gasteiger charge is -2.16. The van der Waals surface area contributed by atoms with Gasteiger partial charge in [0.25, 0.3) is 0 Å². The minimum absolute atomic E-state index is 0.242. The number of ether oxygens (including phenoxy) is 2. The summed E-state index contributed by atoms with van der Waals surface area (Å²) in [6.45, 7) is 3.64. The Morgan fingerprint density at radius 1 is 1.29 bits per heavy atom. The summed E-state index contributed by atoms with van der Waals surface area (Å²) in [6.07, 6.45) is 10.5. The summed E-state index contributed by atoms with van der Waals surface area (Å²) in [5.41, 5.74) is 1.18. The zero-order chi connectivity index (χ0) is 15.1. The van der Waals surface area contributed by atoms with E-state index in [2.05, 4.69) is 27.2 Å². The molecule has 114 valence electrons. The summed E-state index contributed by atoms with van der Waals surface area (Å²) in [7, 11) is 0. The molecule has 0 aliphatic heterocycles. The van der Waals surface area contributed by atoms with Gasteiger partial charge in [0.15, 0.2) is 11.5 Å². The summed E-state index contributed by atoms with van der Waals surface area (Å²) < 4.78 is 12.2. The van der Waals surface area contributed by atoms with Crippen molar-refractivity contribution in [2.45, 2.75) is 45.2 Å². The van der Waals surface area contributed by atoms with E-state index in [0.29, 0.717) is 18.4 Å². The molecular weight excluding hydrogens is 330 g/mol. The lowest BCUT2D eigenvalue weighted by atomic mass is 10.1.